The summed E-state index contributed by atoms with van der Waals surface area (Å²) in [5.74, 6) is 0.753. The van der Waals surface area contributed by atoms with Crippen LogP contribution in [-0.2, 0) is 0 Å². The Morgan fingerprint density at radius 1 is 1.28 bits per heavy atom. The van der Waals surface area contributed by atoms with Crippen LogP contribution < -0.4 is 10.6 Å². The topological polar surface area (TPSA) is 41.1 Å². The lowest BCUT2D eigenvalue weighted by Gasteiger charge is -2.25. The first-order valence-electron chi connectivity index (χ1n) is 6.91. The van der Waals surface area contributed by atoms with Gasteiger partial charge in [0.1, 0.15) is 0 Å². The van der Waals surface area contributed by atoms with E-state index in [1.807, 2.05) is 24.3 Å². The summed E-state index contributed by atoms with van der Waals surface area (Å²) in [7, 11) is 0. The van der Waals surface area contributed by atoms with Gasteiger partial charge in [0.25, 0.3) is 5.91 Å². The molecular formula is C15H22N2O. The summed E-state index contributed by atoms with van der Waals surface area (Å²) in [5.41, 5.74) is 1.82. The Hall–Kier alpha value is -1.51. The first-order chi connectivity index (χ1) is 8.79. The standard InChI is InChI=1S/C15H22N2O/c1-2-10-16-14-8-6-13(7-9-14)15(18)17-11-12-4-3-5-12/h6-9,12,16H,2-5,10-11H2,1H3,(H,17,18). The quantitative estimate of drug-likeness (QED) is 0.810. The molecule has 0 unspecified atom stereocenters. The number of carbonyl (C=O) groups is 1. The molecule has 0 saturated heterocycles. The van der Waals surface area contributed by atoms with Crippen molar-refractivity contribution < 1.29 is 4.79 Å². The monoisotopic (exact) mass is 246 g/mol. The van der Waals surface area contributed by atoms with Gasteiger partial charge in [0.05, 0.1) is 0 Å². The zero-order chi connectivity index (χ0) is 12.8. The van der Waals surface area contributed by atoms with Gasteiger partial charge < -0.3 is 10.6 Å². The lowest BCUT2D eigenvalue weighted by molar-refractivity contribution is 0.0939. The normalized spacial score (nSPS) is 14.9. The molecule has 0 atom stereocenters. The van der Waals surface area contributed by atoms with Crippen LogP contribution in [0.15, 0.2) is 24.3 Å². The van der Waals surface area contributed by atoms with Crippen LogP contribution in [0.1, 0.15) is 43.0 Å². The van der Waals surface area contributed by atoms with Crippen LogP contribution in [0.2, 0.25) is 0 Å². The SMILES string of the molecule is CCCNc1ccc(C(=O)NCC2CCC2)cc1. The first-order valence-corrected chi connectivity index (χ1v) is 6.91. The molecule has 0 aromatic heterocycles. The van der Waals surface area contributed by atoms with Gasteiger partial charge in [0.2, 0.25) is 0 Å². The Kier molecular flexibility index (Phi) is 4.62. The van der Waals surface area contributed by atoms with Gasteiger partial charge >= 0.3 is 0 Å². The fourth-order valence-electron chi connectivity index (χ4n) is 2.04. The largest absolute Gasteiger partial charge is 0.385 e. The van der Waals surface area contributed by atoms with Gasteiger partial charge in [-0.3, -0.25) is 4.79 Å². The molecule has 0 heterocycles. The lowest BCUT2D eigenvalue weighted by atomic mass is 9.85. The van der Waals surface area contributed by atoms with E-state index in [0.717, 1.165) is 30.8 Å². The van der Waals surface area contributed by atoms with Crippen LogP contribution >= 0.6 is 0 Å². The van der Waals surface area contributed by atoms with Crippen molar-refractivity contribution in [1.82, 2.24) is 5.32 Å². The molecular weight excluding hydrogens is 224 g/mol. The van der Waals surface area contributed by atoms with Crippen molar-refractivity contribution in [2.24, 2.45) is 5.92 Å². The zero-order valence-electron chi connectivity index (χ0n) is 11.0. The van der Waals surface area contributed by atoms with Crippen molar-refractivity contribution >= 4 is 11.6 Å². The molecule has 18 heavy (non-hydrogen) atoms. The van der Waals surface area contributed by atoms with Gasteiger partial charge in [0, 0.05) is 24.3 Å². The van der Waals surface area contributed by atoms with Crippen molar-refractivity contribution in [3.05, 3.63) is 29.8 Å². The third kappa shape index (κ3) is 3.49. The van der Waals surface area contributed by atoms with Crippen LogP contribution in [0, 0.1) is 5.92 Å². The Balaban J connectivity index is 1.81. The number of nitrogens with one attached hydrogen (secondary N) is 2. The van der Waals surface area contributed by atoms with E-state index in [4.69, 9.17) is 0 Å². The summed E-state index contributed by atoms with van der Waals surface area (Å²) in [4.78, 5) is 11.9. The Morgan fingerprint density at radius 2 is 2.00 bits per heavy atom. The average molecular weight is 246 g/mol. The summed E-state index contributed by atoms with van der Waals surface area (Å²) in [6, 6.07) is 7.70. The predicted octanol–water partition coefficient (Wildman–Crippen LogP) is 3.04. The molecule has 3 heteroatoms. The highest BCUT2D eigenvalue weighted by atomic mass is 16.1. The molecule has 1 aromatic rings. The minimum Gasteiger partial charge on any atom is -0.385 e. The molecule has 0 radical (unpaired) electrons. The number of anilines is 1. The summed E-state index contributed by atoms with van der Waals surface area (Å²) in [6.07, 6.45) is 4.95. The van der Waals surface area contributed by atoms with Gasteiger partial charge in [-0.25, -0.2) is 0 Å². The van der Waals surface area contributed by atoms with Crippen LogP contribution in [0.25, 0.3) is 0 Å². The Morgan fingerprint density at radius 3 is 2.56 bits per heavy atom. The highest BCUT2D eigenvalue weighted by Crippen LogP contribution is 2.25. The van der Waals surface area contributed by atoms with Crippen molar-refractivity contribution in [2.45, 2.75) is 32.6 Å². The first kappa shape index (κ1) is 12.9. The third-order valence-corrected chi connectivity index (χ3v) is 3.50. The molecule has 2 N–H and O–H groups in total. The molecule has 1 fully saturated rings. The highest BCUT2D eigenvalue weighted by Gasteiger charge is 2.18. The van der Waals surface area contributed by atoms with Gasteiger partial charge in [-0.1, -0.05) is 13.3 Å². The summed E-state index contributed by atoms with van der Waals surface area (Å²) in [6.45, 7) is 3.93. The smallest absolute Gasteiger partial charge is 0.251 e. The van der Waals surface area contributed by atoms with Crippen molar-refractivity contribution in [1.29, 1.82) is 0 Å². The van der Waals surface area contributed by atoms with E-state index in [0.29, 0.717) is 5.92 Å². The second-order valence-electron chi connectivity index (χ2n) is 5.01. The van der Waals surface area contributed by atoms with Crippen LogP contribution in [0.5, 0.6) is 0 Å². The molecule has 1 saturated carbocycles. The van der Waals surface area contributed by atoms with Crippen molar-refractivity contribution in [2.75, 3.05) is 18.4 Å². The third-order valence-electron chi connectivity index (χ3n) is 3.50. The second-order valence-corrected chi connectivity index (χ2v) is 5.01. The van der Waals surface area contributed by atoms with E-state index < -0.39 is 0 Å². The van der Waals surface area contributed by atoms with E-state index in [9.17, 15) is 4.79 Å². The maximum absolute atomic E-state index is 11.9. The van der Waals surface area contributed by atoms with Crippen molar-refractivity contribution in [3.8, 4) is 0 Å². The molecule has 1 aliphatic carbocycles. The molecule has 0 spiro atoms. The zero-order valence-corrected chi connectivity index (χ0v) is 11.0. The second kappa shape index (κ2) is 6.43. The summed E-state index contributed by atoms with van der Waals surface area (Å²) >= 11 is 0. The van der Waals surface area contributed by atoms with Crippen LogP contribution in [-0.4, -0.2) is 19.0 Å². The maximum atomic E-state index is 11.9. The number of hydrogen-bond donors (Lipinski definition) is 2. The number of hydrogen-bond acceptors (Lipinski definition) is 2. The molecule has 1 amide bonds. The Bertz CT molecular complexity index is 382. The van der Waals surface area contributed by atoms with E-state index >= 15 is 0 Å². The van der Waals surface area contributed by atoms with E-state index in [2.05, 4.69) is 17.6 Å². The molecule has 0 bridgehead atoms. The van der Waals surface area contributed by atoms with Gasteiger partial charge in [0.15, 0.2) is 0 Å². The highest BCUT2D eigenvalue weighted by molar-refractivity contribution is 5.94. The number of benzene rings is 1. The van der Waals surface area contributed by atoms with Crippen LogP contribution in [0.4, 0.5) is 5.69 Å². The fraction of sp³-hybridized carbons (Fsp3) is 0.533. The molecule has 98 valence electrons. The molecule has 0 aliphatic heterocycles. The minimum atomic E-state index is 0.0453. The molecule has 3 nitrogen and oxygen atoms in total. The minimum absolute atomic E-state index is 0.0453. The van der Waals surface area contributed by atoms with Crippen molar-refractivity contribution in [3.63, 3.8) is 0 Å². The van der Waals surface area contributed by atoms with E-state index in [1.165, 1.54) is 19.3 Å². The van der Waals surface area contributed by atoms with Crippen LogP contribution in [0.3, 0.4) is 0 Å². The number of carbonyl (C=O) groups excluding carboxylic acids is 1. The molecule has 1 aliphatic rings. The average Bonchev–Trinajstić information content (AvgIpc) is 2.35. The lowest BCUT2D eigenvalue weighted by Crippen LogP contribution is -2.32. The Labute approximate surface area is 109 Å². The summed E-state index contributed by atoms with van der Waals surface area (Å²) in [5, 5.41) is 6.30. The maximum Gasteiger partial charge on any atom is 0.251 e. The summed E-state index contributed by atoms with van der Waals surface area (Å²) < 4.78 is 0. The number of rotatable bonds is 6. The number of amides is 1. The van der Waals surface area contributed by atoms with Gasteiger partial charge in [-0.15, -0.1) is 0 Å². The predicted molar refractivity (Wildman–Crippen MR) is 74.9 cm³/mol. The fourth-order valence-corrected chi connectivity index (χ4v) is 2.04. The van der Waals surface area contributed by atoms with E-state index in [1.54, 1.807) is 0 Å². The van der Waals surface area contributed by atoms with E-state index in [-0.39, 0.29) is 5.91 Å². The van der Waals surface area contributed by atoms with Gasteiger partial charge in [-0.05, 0) is 49.4 Å². The van der Waals surface area contributed by atoms with Gasteiger partial charge in [-0.2, -0.15) is 0 Å². The molecule has 1 aromatic carbocycles. The molecule has 2 rings (SSSR count).